The molecular weight excluding hydrogens is 328 g/mol. The predicted octanol–water partition coefficient (Wildman–Crippen LogP) is 3.05. The number of alkyl carbamates (subject to hydrolysis) is 2. The number of hydrogen-bond acceptors (Lipinski definition) is 5. The van der Waals surface area contributed by atoms with Gasteiger partial charge in [0.1, 0.15) is 17.2 Å². The number of unbranched alkanes of at least 4 members (excludes halogenated alkanes) is 2. The lowest BCUT2D eigenvalue weighted by atomic mass is 10.1. The minimum absolute atomic E-state index is 0.293. The van der Waals surface area contributed by atoms with Gasteiger partial charge in [0.2, 0.25) is 0 Å². The normalized spacial score (nSPS) is 12.9. The first-order valence-electron chi connectivity index (χ1n) is 8.49. The molecule has 0 heterocycles. The first-order valence-corrected chi connectivity index (χ1v) is 8.49. The number of amides is 2. The lowest BCUT2D eigenvalue weighted by Crippen LogP contribution is -2.43. The van der Waals surface area contributed by atoms with E-state index in [1.165, 1.54) is 0 Å². The molecule has 0 saturated carbocycles. The zero-order chi connectivity index (χ0) is 19.7. The third kappa shape index (κ3) is 14.1. The van der Waals surface area contributed by atoms with E-state index in [1.54, 1.807) is 41.5 Å². The van der Waals surface area contributed by atoms with Crippen LogP contribution in [0.2, 0.25) is 0 Å². The van der Waals surface area contributed by atoms with Crippen molar-refractivity contribution in [3.8, 4) is 0 Å². The number of rotatable bonds is 8. The number of carbonyl (C=O) groups excluding carboxylic acids is 2. The van der Waals surface area contributed by atoms with Crippen LogP contribution >= 0.6 is 0 Å². The summed E-state index contributed by atoms with van der Waals surface area (Å²) in [7, 11) is 0. The second-order valence-electron chi connectivity index (χ2n) is 7.82. The third-order valence-electron chi connectivity index (χ3n) is 2.83. The van der Waals surface area contributed by atoms with Gasteiger partial charge in [-0.25, -0.2) is 14.4 Å². The Balaban J connectivity index is 4.00. The molecule has 0 fully saturated rings. The molecule has 2 amide bonds. The van der Waals surface area contributed by atoms with E-state index in [-0.39, 0.29) is 0 Å². The van der Waals surface area contributed by atoms with Crippen molar-refractivity contribution in [3.05, 3.63) is 0 Å². The van der Waals surface area contributed by atoms with Crippen LogP contribution in [0.5, 0.6) is 0 Å². The molecular formula is C17H32N2O6. The lowest BCUT2D eigenvalue weighted by Gasteiger charge is -2.22. The molecule has 0 aliphatic heterocycles. The number of aliphatic carboxylic acids is 1. The van der Waals surface area contributed by atoms with E-state index in [1.807, 2.05) is 0 Å². The van der Waals surface area contributed by atoms with Gasteiger partial charge in [-0.15, -0.1) is 0 Å². The minimum atomic E-state index is -1.10. The van der Waals surface area contributed by atoms with E-state index in [9.17, 15) is 14.4 Å². The molecule has 0 aromatic carbocycles. The monoisotopic (exact) mass is 360 g/mol. The standard InChI is InChI=1S/C17H32N2O6/c1-16(2,3)24-14(22)18-11-9-7-8-10-12(13(20)21)19-15(23)25-17(4,5)6/h12H,7-11H2,1-6H3,(H,18,22)(H,19,23)(H,20,21). The summed E-state index contributed by atoms with van der Waals surface area (Å²) in [6, 6.07) is -0.992. The van der Waals surface area contributed by atoms with Crippen molar-refractivity contribution in [2.45, 2.75) is 84.5 Å². The molecule has 146 valence electrons. The van der Waals surface area contributed by atoms with Crippen molar-refractivity contribution >= 4 is 18.2 Å². The molecule has 1 atom stereocenters. The van der Waals surface area contributed by atoms with Crippen LogP contribution in [0.25, 0.3) is 0 Å². The van der Waals surface area contributed by atoms with Crippen LogP contribution in [0, 0.1) is 0 Å². The highest BCUT2D eigenvalue weighted by Crippen LogP contribution is 2.09. The van der Waals surface area contributed by atoms with E-state index < -0.39 is 35.4 Å². The summed E-state index contributed by atoms with van der Waals surface area (Å²) < 4.78 is 10.2. The first-order chi connectivity index (χ1) is 11.3. The Labute approximate surface area is 149 Å². The summed E-state index contributed by atoms with van der Waals surface area (Å²) in [5.74, 6) is -1.10. The molecule has 0 aliphatic carbocycles. The zero-order valence-electron chi connectivity index (χ0n) is 16.1. The topological polar surface area (TPSA) is 114 Å². The van der Waals surface area contributed by atoms with E-state index in [0.717, 1.165) is 6.42 Å². The van der Waals surface area contributed by atoms with Crippen molar-refractivity contribution in [1.82, 2.24) is 10.6 Å². The van der Waals surface area contributed by atoms with Crippen LogP contribution in [-0.2, 0) is 14.3 Å². The summed E-state index contributed by atoms with van der Waals surface area (Å²) in [5.41, 5.74) is -1.22. The smallest absolute Gasteiger partial charge is 0.408 e. The van der Waals surface area contributed by atoms with Crippen molar-refractivity contribution < 1.29 is 29.0 Å². The van der Waals surface area contributed by atoms with Crippen molar-refractivity contribution in [2.75, 3.05) is 6.54 Å². The molecule has 0 spiro atoms. The number of carboxylic acids is 1. The molecule has 8 heteroatoms. The Morgan fingerprint density at radius 2 is 1.40 bits per heavy atom. The predicted molar refractivity (Wildman–Crippen MR) is 93.5 cm³/mol. The largest absolute Gasteiger partial charge is 0.480 e. The molecule has 3 N–H and O–H groups in total. The third-order valence-corrected chi connectivity index (χ3v) is 2.83. The highest BCUT2D eigenvalue weighted by molar-refractivity contribution is 5.79. The zero-order valence-corrected chi connectivity index (χ0v) is 16.1. The molecule has 0 bridgehead atoms. The number of carboxylic acid groups (broad SMARTS) is 1. The fraction of sp³-hybridized carbons (Fsp3) is 0.824. The van der Waals surface area contributed by atoms with Gasteiger partial charge in [-0.3, -0.25) is 0 Å². The summed E-state index contributed by atoms with van der Waals surface area (Å²) in [4.78, 5) is 34.3. The van der Waals surface area contributed by atoms with Gasteiger partial charge in [-0.05, 0) is 54.4 Å². The maximum atomic E-state index is 11.6. The molecule has 1 unspecified atom stereocenters. The first kappa shape index (κ1) is 23.0. The number of nitrogens with one attached hydrogen (secondary N) is 2. The maximum Gasteiger partial charge on any atom is 0.408 e. The van der Waals surface area contributed by atoms with Crippen LogP contribution in [0.1, 0.15) is 67.2 Å². The van der Waals surface area contributed by atoms with Crippen molar-refractivity contribution in [3.63, 3.8) is 0 Å². The van der Waals surface area contributed by atoms with Gasteiger partial charge >= 0.3 is 18.2 Å². The van der Waals surface area contributed by atoms with Crippen LogP contribution in [0.15, 0.2) is 0 Å². The number of carbonyl (C=O) groups is 3. The van der Waals surface area contributed by atoms with E-state index >= 15 is 0 Å². The fourth-order valence-corrected chi connectivity index (χ4v) is 1.86. The highest BCUT2D eigenvalue weighted by atomic mass is 16.6. The molecule has 0 aromatic rings. The average Bonchev–Trinajstić information content (AvgIpc) is 2.36. The number of hydrogen-bond donors (Lipinski definition) is 3. The van der Waals surface area contributed by atoms with Crippen molar-refractivity contribution in [2.24, 2.45) is 0 Å². The summed E-state index contributed by atoms with van der Waals surface area (Å²) in [6.45, 7) is 10.9. The Morgan fingerprint density at radius 1 is 0.880 bits per heavy atom. The summed E-state index contributed by atoms with van der Waals surface area (Å²) in [5, 5.41) is 14.2. The maximum absolute atomic E-state index is 11.6. The van der Waals surface area contributed by atoms with Gasteiger partial charge in [0.15, 0.2) is 0 Å². The van der Waals surface area contributed by atoms with Gasteiger partial charge in [0.05, 0.1) is 0 Å². The molecule has 0 aliphatic rings. The molecule has 25 heavy (non-hydrogen) atoms. The van der Waals surface area contributed by atoms with Gasteiger partial charge in [0.25, 0.3) is 0 Å². The van der Waals surface area contributed by atoms with E-state index in [2.05, 4.69) is 10.6 Å². The van der Waals surface area contributed by atoms with Crippen LogP contribution in [0.4, 0.5) is 9.59 Å². The Bertz CT molecular complexity index is 451. The second-order valence-corrected chi connectivity index (χ2v) is 7.82. The Kier molecular flexibility index (Phi) is 9.30. The van der Waals surface area contributed by atoms with Gasteiger partial charge in [-0.1, -0.05) is 12.8 Å². The van der Waals surface area contributed by atoms with Gasteiger partial charge < -0.3 is 25.2 Å². The SMILES string of the molecule is CC(C)(C)OC(=O)NCCCCCC(NC(=O)OC(C)(C)C)C(=O)O. The van der Waals surface area contributed by atoms with E-state index in [4.69, 9.17) is 14.6 Å². The molecule has 8 nitrogen and oxygen atoms in total. The average molecular weight is 360 g/mol. The summed E-state index contributed by atoms with van der Waals surface area (Å²) in [6.07, 6.45) is 1.09. The molecule has 0 saturated heterocycles. The minimum Gasteiger partial charge on any atom is -0.480 e. The van der Waals surface area contributed by atoms with Gasteiger partial charge in [0, 0.05) is 6.54 Å². The van der Waals surface area contributed by atoms with Crippen molar-refractivity contribution in [1.29, 1.82) is 0 Å². The van der Waals surface area contributed by atoms with Crippen LogP contribution < -0.4 is 10.6 Å². The Hall–Kier alpha value is -1.99. The Morgan fingerprint density at radius 3 is 1.88 bits per heavy atom. The highest BCUT2D eigenvalue weighted by Gasteiger charge is 2.23. The molecule has 0 rings (SSSR count). The van der Waals surface area contributed by atoms with Gasteiger partial charge in [-0.2, -0.15) is 0 Å². The quantitative estimate of drug-likeness (QED) is 0.573. The van der Waals surface area contributed by atoms with E-state index in [0.29, 0.717) is 25.8 Å². The van der Waals surface area contributed by atoms with Crippen LogP contribution in [0.3, 0.4) is 0 Å². The molecule has 0 radical (unpaired) electrons. The van der Waals surface area contributed by atoms with Crippen LogP contribution in [-0.4, -0.2) is 47.1 Å². The fourth-order valence-electron chi connectivity index (χ4n) is 1.86. The second kappa shape index (κ2) is 10.1. The molecule has 0 aromatic heterocycles. The lowest BCUT2D eigenvalue weighted by molar-refractivity contribution is -0.139. The summed E-state index contributed by atoms with van der Waals surface area (Å²) >= 11 is 0. The number of ether oxygens (including phenoxy) is 2.